The number of benzene rings is 2. The minimum Gasteiger partial charge on any atom is -0.508 e. The number of phenols is 1. The number of rotatable bonds is 21. The molecule has 6 atom stereocenters. The summed E-state index contributed by atoms with van der Waals surface area (Å²) in [4.78, 5) is 101. The Morgan fingerprint density at radius 3 is 1.80 bits per heavy atom. The maximum Gasteiger partial charge on any atom is 0.305 e. The minimum absolute atomic E-state index is 0.0294. The van der Waals surface area contributed by atoms with Gasteiger partial charge in [0, 0.05) is 6.42 Å². The summed E-state index contributed by atoms with van der Waals surface area (Å²) in [5.74, 6) is -7.30. The van der Waals surface area contributed by atoms with Crippen molar-refractivity contribution in [2.24, 2.45) is 17.4 Å². The first kappa shape index (κ1) is 44.1. The van der Waals surface area contributed by atoms with Crippen molar-refractivity contribution < 1.29 is 48.6 Å². The number of nitrogens with two attached hydrogens (primary N) is 2. The number of hydrogen-bond donors (Lipinski definition) is 10. The molecule has 12 N–H and O–H groups in total. The van der Waals surface area contributed by atoms with Gasteiger partial charge in [0.1, 0.15) is 36.0 Å². The van der Waals surface area contributed by atoms with Crippen LogP contribution in [-0.4, -0.2) is 100 Å². The summed E-state index contributed by atoms with van der Waals surface area (Å²) >= 11 is 0. The Bertz CT molecular complexity index is 1640. The summed E-state index contributed by atoms with van der Waals surface area (Å²) in [7, 11) is 0. The first-order valence-electron chi connectivity index (χ1n) is 17.3. The fourth-order valence-corrected chi connectivity index (χ4v) is 5.05. The molecular formula is C36H50N8O10. The van der Waals surface area contributed by atoms with Crippen molar-refractivity contribution in [2.45, 2.75) is 89.6 Å². The van der Waals surface area contributed by atoms with E-state index in [1.54, 1.807) is 63.2 Å². The lowest BCUT2D eigenvalue weighted by Gasteiger charge is -2.26. The van der Waals surface area contributed by atoms with Gasteiger partial charge in [0.2, 0.25) is 41.4 Å². The summed E-state index contributed by atoms with van der Waals surface area (Å²) in [6.07, 6.45) is -0.539. The molecule has 0 bridgehead atoms. The largest absolute Gasteiger partial charge is 0.508 e. The highest BCUT2D eigenvalue weighted by Gasteiger charge is 2.31. The molecule has 294 valence electrons. The molecule has 0 aliphatic heterocycles. The molecule has 0 saturated heterocycles. The number of aliphatic carboxylic acids is 1. The lowest BCUT2D eigenvalue weighted by Crippen LogP contribution is -2.58. The van der Waals surface area contributed by atoms with Crippen LogP contribution >= 0.6 is 0 Å². The third-order valence-corrected chi connectivity index (χ3v) is 8.17. The van der Waals surface area contributed by atoms with Crippen LogP contribution < -0.4 is 43.4 Å². The van der Waals surface area contributed by atoms with Crippen molar-refractivity contribution in [1.29, 1.82) is 0 Å². The third-order valence-electron chi connectivity index (χ3n) is 8.17. The molecule has 0 aromatic heterocycles. The van der Waals surface area contributed by atoms with E-state index in [4.69, 9.17) is 16.6 Å². The number of amides is 7. The van der Waals surface area contributed by atoms with Crippen LogP contribution in [0, 0.1) is 5.92 Å². The Morgan fingerprint density at radius 1 is 0.667 bits per heavy atom. The van der Waals surface area contributed by atoms with Gasteiger partial charge in [0.15, 0.2) is 0 Å². The maximum atomic E-state index is 13.4. The zero-order valence-electron chi connectivity index (χ0n) is 30.6. The molecule has 0 saturated carbocycles. The molecule has 2 aromatic rings. The first-order valence-corrected chi connectivity index (χ1v) is 17.3. The second-order valence-corrected chi connectivity index (χ2v) is 13.0. The van der Waals surface area contributed by atoms with Gasteiger partial charge in [-0.1, -0.05) is 63.2 Å². The third kappa shape index (κ3) is 14.9. The Hall–Kier alpha value is -6.04. The van der Waals surface area contributed by atoms with E-state index in [1.807, 2.05) is 0 Å². The zero-order valence-corrected chi connectivity index (χ0v) is 30.6. The molecule has 0 radical (unpaired) electrons. The Labute approximate surface area is 312 Å². The molecule has 54 heavy (non-hydrogen) atoms. The second kappa shape index (κ2) is 21.5. The smallest absolute Gasteiger partial charge is 0.305 e. The number of aromatic hydroxyl groups is 1. The van der Waals surface area contributed by atoms with Crippen LogP contribution in [0.25, 0.3) is 0 Å². The van der Waals surface area contributed by atoms with Crippen molar-refractivity contribution in [1.82, 2.24) is 31.9 Å². The fraction of sp³-hybridized carbons (Fsp3) is 0.444. The molecule has 0 aliphatic rings. The van der Waals surface area contributed by atoms with Gasteiger partial charge in [-0.05, 0) is 48.9 Å². The summed E-state index contributed by atoms with van der Waals surface area (Å²) < 4.78 is 0. The molecule has 2 rings (SSSR count). The van der Waals surface area contributed by atoms with Crippen LogP contribution in [0.4, 0.5) is 0 Å². The van der Waals surface area contributed by atoms with E-state index in [1.165, 1.54) is 19.1 Å². The molecule has 0 aliphatic carbocycles. The van der Waals surface area contributed by atoms with E-state index < -0.39 is 102 Å². The molecule has 0 spiro atoms. The van der Waals surface area contributed by atoms with Gasteiger partial charge < -0.3 is 53.6 Å². The van der Waals surface area contributed by atoms with Crippen molar-refractivity contribution in [3.05, 3.63) is 65.7 Å². The predicted octanol–water partition coefficient (Wildman–Crippen LogP) is -1.91. The van der Waals surface area contributed by atoms with E-state index >= 15 is 0 Å². The highest BCUT2D eigenvalue weighted by molar-refractivity contribution is 5.96. The van der Waals surface area contributed by atoms with E-state index in [0.29, 0.717) is 11.1 Å². The lowest BCUT2D eigenvalue weighted by molar-refractivity contribution is -0.140. The first-order chi connectivity index (χ1) is 25.4. The number of carboxylic acids is 1. The van der Waals surface area contributed by atoms with Gasteiger partial charge in [-0.3, -0.25) is 38.4 Å². The van der Waals surface area contributed by atoms with Gasteiger partial charge in [0.25, 0.3) is 0 Å². The zero-order chi connectivity index (χ0) is 40.5. The molecule has 0 heterocycles. The summed E-state index contributed by atoms with van der Waals surface area (Å²) in [5.41, 5.74) is 12.6. The number of hydrogen-bond acceptors (Lipinski definition) is 10. The summed E-state index contributed by atoms with van der Waals surface area (Å²) in [6.45, 7) is 5.65. The summed E-state index contributed by atoms with van der Waals surface area (Å²) in [5, 5.41) is 33.3. The Kier molecular flexibility index (Phi) is 17.5. The molecule has 0 fully saturated rings. The molecule has 0 unspecified atom stereocenters. The average Bonchev–Trinajstić information content (AvgIpc) is 3.11. The molecule has 7 amide bonds. The topological polar surface area (TPSA) is 301 Å². The lowest BCUT2D eigenvalue weighted by atomic mass is 10.0. The monoisotopic (exact) mass is 754 g/mol. The van der Waals surface area contributed by atoms with Crippen LogP contribution in [0.5, 0.6) is 5.75 Å². The highest BCUT2D eigenvalue weighted by atomic mass is 16.4. The van der Waals surface area contributed by atoms with Crippen LogP contribution in [0.3, 0.4) is 0 Å². The molecule has 18 heteroatoms. The number of primary amides is 1. The van der Waals surface area contributed by atoms with Gasteiger partial charge in [-0.25, -0.2) is 0 Å². The molecule has 2 aromatic carbocycles. The van der Waals surface area contributed by atoms with Crippen molar-refractivity contribution in [3.63, 3.8) is 0 Å². The minimum atomic E-state index is -1.51. The van der Waals surface area contributed by atoms with Gasteiger partial charge in [0.05, 0.1) is 19.0 Å². The van der Waals surface area contributed by atoms with Crippen LogP contribution in [-0.2, 0) is 51.2 Å². The maximum absolute atomic E-state index is 13.4. The van der Waals surface area contributed by atoms with Gasteiger partial charge >= 0.3 is 5.97 Å². The van der Waals surface area contributed by atoms with E-state index in [9.17, 15) is 43.5 Å². The Morgan fingerprint density at radius 2 is 1.24 bits per heavy atom. The molecular weight excluding hydrogens is 704 g/mol. The van der Waals surface area contributed by atoms with Gasteiger partial charge in [-0.2, -0.15) is 0 Å². The van der Waals surface area contributed by atoms with Crippen molar-refractivity contribution in [3.8, 4) is 5.75 Å². The summed E-state index contributed by atoms with van der Waals surface area (Å²) in [6, 6.07) is 7.71. The number of carbonyl (C=O) groups excluding carboxylic acids is 7. The van der Waals surface area contributed by atoms with E-state index in [0.717, 1.165) is 0 Å². The number of carboxylic acid groups (broad SMARTS) is 1. The Balaban J connectivity index is 2.05. The number of nitrogens with one attached hydrogen (secondary N) is 6. The van der Waals surface area contributed by atoms with Crippen molar-refractivity contribution >= 4 is 47.3 Å². The second-order valence-electron chi connectivity index (χ2n) is 13.0. The predicted molar refractivity (Wildman–Crippen MR) is 195 cm³/mol. The van der Waals surface area contributed by atoms with Gasteiger partial charge in [-0.15, -0.1) is 0 Å². The van der Waals surface area contributed by atoms with Crippen LogP contribution in [0.15, 0.2) is 54.6 Å². The van der Waals surface area contributed by atoms with E-state index in [2.05, 4.69) is 31.9 Å². The number of carbonyl (C=O) groups is 8. The quantitative estimate of drug-likeness (QED) is 0.0671. The van der Waals surface area contributed by atoms with Crippen molar-refractivity contribution in [2.75, 3.05) is 6.54 Å². The standard InChI is InChI=1S/C36H50N8O10/c1-5-25(35(53)42-26(31(38)49)17-29(47)48)41-36(54)30(19(2)3)44-28(46)18-39-34(52)27(16-21-9-7-6-8-10-21)43-32(50)20(4)40-33(51)24(37)15-22-11-13-23(45)14-12-22/h6-14,19-20,24-27,30,45H,5,15-18,37H2,1-4H3,(H2,38,49)(H,39,52)(H,40,51)(H,41,54)(H,42,53)(H,43,50)(H,44,46)(H,47,48)/t20-,24-,25-,26-,27-,30-/m0/s1. The molecule has 18 nitrogen and oxygen atoms in total. The van der Waals surface area contributed by atoms with E-state index in [-0.39, 0.29) is 25.0 Å². The number of phenolic OH excluding ortho intramolecular Hbond substituents is 1. The normalized spacial score (nSPS) is 14.2. The van der Waals surface area contributed by atoms with Crippen LogP contribution in [0.2, 0.25) is 0 Å². The average molecular weight is 755 g/mol. The van der Waals surface area contributed by atoms with Crippen LogP contribution in [0.1, 0.15) is 51.7 Å². The fourth-order valence-electron chi connectivity index (χ4n) is 5.05. The SMILES string of the molecule is CC[C@H](NC(=O)[C@@H](NC(=O)CNC(=O)[C@H](Cc1ccccc1)NC(=O)[C@H](C)NC(=O)[C@@H](N)Cc1ccc(O)cc1)C(C)C)C(=O)N[C@@H](CC(=O)O)C(N)=O. The highest BCUT2D eigenvalue weighted by Crippen LogP contribution is 2.11.